The zero-order valence-corrected chi connectivity index (χ0v) is 15.6. The van der Waals surface area contributed by atoms with Crippen molar-refractivity contribution in [1.82, 2.24) is 0 Å². The molecule has 3 N–H and O–H groups in total. The largest absolute Gasteiger partial charge is 0.393 e. The second-order valence-electron chi connectivity index (χ2n) is 9.48. The third-order valence-corrected chi connectivity index (χ3v) is 7.37. The van der Waals surface area contributed by atoms with E-state index in [1.807, 2.05) is 6.92 Å². The van der Waals surface area contributed by atoms with E-state index in [9.17, 15) is 15.3 Å². The Hall–Kier alpha value is -0.380. The van der Waals surface area contributed by atoms with Crippen LogP contribution in [0.25, 0.3) is 0 Å². The molecule has 0 unspecified atom stereocenters. The maximum atomic E-state index is 11.1. The summed E-state index contributed by atoms with van der Waals surface area (Å²) in [7, 11) is 0. The molecule has 0 aromatic carbocycles. The average molecular weight is 325 g/mol. The van der Waals surface area contributed by atoms with E-state index in [0.717, 1.165) is 32.1 Å². The van der Waals surface area contributed by atoms with Crippen LogP contribution in [-0.4, -0.2) is 32.6 Å². The standard InChI is InChI=1S/C20H36O3/c1-7-18(4,22)11-8-15-19(5)12-10-16(21)17(2,3)14(19)9-13-20(15,6)23/h7,14-16,21-23H,1,8-13H2,2-6H3/t14-,15+,16-,18-,19-,20+/m0/s1. The molecule has 0 bridgehead atoms. The maximum absolute atomic E-state index is 11.1. The molecule has 23 heavy (non-hydrogen) atoms. The Labute approximate surface area is 141 Å². The average Bonchev–Trinajstić information content (AvgIpc) is 2.42. The number of fused-ring (bicyclic) bond motifs is 1. The number of hydrogen-bond acceptors (Lipinski definition) is 3. The van der Waals surface area contributed by atoms with Crippen LogP contribution in [0.2, 0.25) is 0 Å². The van der Waals surface area contributed by atoms with Crippen LogP contribution in [-0.2, 0) is 0 Å². The highest BCUT2D eigenvalue weighted by Gasteiger charge is 2.59. The molecule has 0 aromatic heterocycles. The second kappa shape index (κ2) is 5.86. The molecule has 0 radical (unpaired) electrons. The van der Waals surface area contributed by atoms with Crippen molar-refractivity contribution in [1.29, 1.82) is 0 Å². The van der Waals surface area contributed by atoms with E-state index in [-0.39, 0.29) is 22.9 Å². The highest BCUT2D eigenvalue weighted by atomic mass is 16.3. The Morgan fingerprint density at radius 3 is 2.35 bits per heavy atom. The van der Waals surface area contributed by atoms with E-state index < -0.39 is 11.2 Å². The van der Waals surface area contributed by atoms with Crippen molar-refractivity contribution in [2.45, 2.75) is 90.4 Å². The molecule has 2 rings (SSSR count). The van der Waals surface area contributed by atoms with Crippen LogP contribution in [0, 0.1) is 22.7 Å². The Morgan fingerprint density at radius 2 is 1.78 bits per heavy atom. The van der Waals surface area contributed by atoms with Crippen molar-refractivity contribution in [3.8, 4) is 0 Å². The zero-order chi connectivity index (χ0) is 17.7. The van der Waals surface area contributed by atoms with Crippen molar-refractivity contribution in [2.24, 2.45) is 22.7 Å². The number of aliphatic hydroxyl groups excluding tert-OH is 1. The Bertz CT molecular complexity index is 452. The van der Waals surface area contributed by atoms with Crippen molar-refractivity contribution < 1.29 is 15.3 Å². The van der Waals surface area contributed by atoms with Gasteiger partial charge in [-0.05, 0) is 75.0 Å². The van der Waals surface area contributed by atoms with Crippen LogP contribution in [0.3, 0.4) is 0 Å². The Kier molecular flexibility index (Phi) is 4.83. The number of hydrogen-bond donors (Lipinski definition) is 3. The van der Waals surface area contributed by atoms with E-state index in [1.165, 1.54) is 0 Å². The lowest BCUT2D eigenvalue weighted by atomic mass is 9.44. The summed E-state index contributed by atoms with van der Waals surface area (Å²) in [5.41, 5.74) is -1.71. The van der Waals surface area contributed by atoms with Crippen LogP contribution < -0.4 is 0 Å². The molecular formula is C20H36O3. The molecule has 2 aliphatic rings. The van der Waals surface area contributed by atoms with Gasteiger partial charge < -0.3 is 15.3 Å². The minimum Gasteiger partial charge on any atom is -0.393 e. The number of rotatable bonds is 4. The predicted octanol–water partition coefficient (Wildman–Crippen LogP) is 3.67. The van der Waals surface area contributed by atoms with Gasteiger partial charge in [-0.15, -0.1) is 6.58 Å². The third-order valence-electron chi connectivity index (χ3n) is 7.37. The smallest absolute Gasteiger partial charge is 0.0797 e. The van der Waals surface area contributed by atoms with Gasteiger partial charge in [-0.25, -0.2) is 0 Å². The first-order chi connectivity index (χ1) is 10.4. The van der Waals surface area contributed by atoms with Crippen LogP contribution in [0.5, 0.6) is 0 Å². The summed E-state index contributed by atoms with van der Waals surface area (Å²) in [5.74, 6) is 0.532. The maximum Gasteiger partial charge on any atom is 0.0797 e. The fraction of sp³-hybridized carbons (Fsp3) is 0.900. The minimum absolute atomic E-state index is 0.00172. The molecule has 0 spiro atoms. The van der Waals surface area contributed by atoms with E-state index in [2.05, 4.69) is 27.4 Å². The molecule has 2 saturated carbocycles. The van der Waals surface area contributed by atoms with Crippen LogP contribution in [0.1, 0.15) is 73.1 Å². The van der Waals surface area contributed by atoms with Gasteiger partial charge in [0.2, 0.25) is 0 Å². The molecule has 6 atom stereocenters. The van der Waals surface area contributed by atoms with Gasteiger partial charge >= 0.3 is 0 Å². The van der Waals surface area contributed by atoms with Crippen molar-refractivity contribution >= 4 is 0 Å². The van der Waals surface area contributed by atoms with Gasteiger partial charge in [0.05, 0.1) is 17.3 Å². The topological polar surface area (TPSA) is 60.7 Å². The lowest BCUT2D eigenvalue weighted by Crippen LogP contribution is -2.60. The fourth-order valence-electron chi connectivity index (χ4n) is 5.70. The fourth-order valence-corrected chi connectivity index (χ4v) is 5.70. The van der Waals surface area contributed by atoms with Gasteiger partial charge in [0, 0.05) is 0 Å². The normalized spacial score (nSPS) is 45.8. The predicted molar refractivity (Wildman–Crippen MR) is 94.0 cm³/mol. The van der Waals surface area contributed by atoms with Crippen LogP contribution in [0.15, 0.2) is 12.7 Å². The second-order valence-corrected chi connectivity index (χ2v) is 9.48. The molecule has 3 heteroatoms. The molecular weight excluding hydrogens is 288 g/mol. The van der Waals surface area contributed by atoms with Gasteiger partial charge in [0.1, 0.15) is 0 Å². The molecule has 0 saturated heterocycles. The van der Waals surface area contributed by atoms with E-state index in [4.69, 9.17) is 0 Å². The summed E-state index contributed by atoms with van der Waals surface area (Å²) >= 11 is 0. The number of aliphatic hydroxyl groups is 3. The Balaban J connectivity index is 2.31. The first-order valence-corrected chi connectivity index (χ1v) is 9.13. The Morgan fingerprint density at radius 1 is 1.17 bits per heavy atom. The van der Waals surface area contributed by atoms with Crippen LogP contribution in [0.4, 0.5) is 0 Å². The summed E-state index contributed by atoms with van der Waals surface area (Å²) in [6.45, 7) is 14.1. The molecule has 3 nitrogen and oxygen atoms in total. The molecule has 0 heterocycles. The van der Waals surface area contributed by atoms with E-state index >= 15 is 0 Å². The molecule has 0 aromatic rings. The SMILES string of the molecule is C=C[C@](C)(O)CC[C@@H]1[C@@]2(C)CC[C@H](O)C(C)(C)[C@@H]2CC[C@@]1(C)O. The lowest BCUT2D eigenvalue weighted by Gasteiger charge is -2.62. The van der Waals surface area contributed by atoms with Gasteiger partial charge in [-0.1, -0.05) is 26.8 Å². The van der Waals surface area contributed by atoms with Gasteiger partial charge in [-0.3, -0.25) is 0 Å². The van der Waals surface area contributed by atoms with E-state index in [1.54, 1.807) is 13.0 Å². The van der Waals surface area contributed by atoms with Crippen molar-refractivity contribution in [3.05, 3.63) is 12.7 Å². The molecule has 0 aliphatic heterocycles. The van der Waals surface area contributed by atoms with Crippen LogP contribution >= 0.6 is 0 Å². The zero-order valence-electron chi connectivity index (χ0n) is 15.6. The molecule has 0 amide bonds. The van der Waals surface area contributed by atoms with Gasteiger partial charge in [-0.2, -0.15) is 0 Å². The summed E-state index contributed by atoms with van der Waals surface area (Å²) in [4.78, 5) is 0. The van der Waals surface area contributed by atoms with Gasteiger partial charge in [0.15, 0.2) is 0 Å². The minimum atomic E-state index is -0.886. The highest BCUT2D eigenvalue weighted by Crippen LogP contribution is 2.63. The van der Waals surface area contributed by atoms with Gasteiger partial charge in [0.25, 0.3) is 0 Å². The quantitative estimate of drug-likeness (QED) is 0.692. The van der Waals surface area contributed by atoms with Crippen molar-refractivity contribution in [3.63, 3.8) is 0 Å². The first-order valence-electron chi connectivity index (χ1n) is 9.13. The summed E-state index contributed by atoms with van der Waals surface area (Å²) in [6, 6.07) is 0. The highest BCUT2D eigenvalue weighted by molar-refractivity contribution is 5.10. The third kappa shape index (κ3) is 3.25. The summed E-state index contributed by atoms with van der Waals surface area (Å²) < 4.78 is 0. The molecule has 2 fully saturated rings. The monoisotopic (exact) mass is 324 g/mol. The summed E-state index contributed by atoms with van der Waals surface area (Å²) in [5, 5.41) is 31.9. The van der Waals surface area contributed by atoms with E-state index in [0.29, 0.717) is 12.3 Å². The first kappa shape index (κ1) is 19.0. The lowest BCUT2D eigenvalue weighted by molar-refractivity contribution is -0.197. The molecule has 134 valence electrons. The van der Waals surface area contributed by atoms with Crippen molar-refractivity contribution in [2.75, 3.05) is 0 Å². The summed E-state index contributed by atoms with van der Waals surface area (Å²) in [6.07, 6.45) is 6.20. The molecule has 2 aliphatic carbocycles.